The van der Waals surface area contributed by atoms with Crippen LogP contribution in [0.3, 0.4) is 0 Å². The maximum atomic E-state index is 12.3. The molecule has 0 aliphatic rings. The highest BCUT2D eigenvalue weighted by molar-refractivity contribution is 9.10. The second-order valence-electron chi connectivity index (χ2n) is 4.49. The number of aromatic amines is 1. The van der Waals surface area contributed by atoms with Crippen molar-refractivity contribution in [1.29, 1.82) is 0 Å². The zero-order chi connectivity index (χ0) is 15.0. The van der Waals surface area contributed by atoms with Crippen LogP contribution < -0.4 is 5.32 Å². The van der Waals surface area contributed by atoms with Crippen molar-refractivity contribution in [3.05, 3.63) is 51.2 Å². The molecule has 0 aliphatic heterocycles. The summed E-state index contributed by atoms with van der Waals surface area (Å²) in [6, 6.07) is 7.29. The van der Waals surface area contributed by atoms with Gasteiger partial charge in [0.1, 0.15) is 0 Å². The number of hydrogen-bond acceptors (Lipinski definition) is 3. The minimum absolute atomic E-state index is 0.308. The number of H-pyrrole nitrogens is 1. The summed E-state index contributed by atoms with van der Waals surface area (Å²) in [5.74, 6) is -0.308. The van der Waals surface area contributed by atoms with Gasteiger partial charge in [-0.05, 0) is 31.2 Å². The van der Waals surface area contributed by atoms with Crippen LogP contribution in [-0.2, 0) is 0 Å². The number of aromatic nitrogens is 3. The van der Waals surface area contributed by atoms with Crippen LogP contribution in [0.4, 0.5) is 5.69 Å². The molecular weight excluding hydrogens is 356 g/mol. The molecule has 0 unspecified atom stereocenters. The van der Waals surface area contributed by atoms with Gasteiger partial charge in [-0.15, -0.1) is 0 Å². The minimum Gasteiger partial charge on any atom is -0.322 e. The van der Waals surface area contributed by atoms with Crippen LogP contribution >= 0.6 is 27.5 Å². The van der Waals surface area contributed by atoms with Gasteiger partial charge in [0, 0.05) is 22.1 Å². The number of halogens is 2. The normalized spacial score (nSPS) is 10.8. The topological polar surface area (TPSA) is 70.7 Å². The van der Waals surface area contributed by atoms with E-state index >= 15 is 0 Å². The smallest absolute Gasteiger partial charge is 0.258 e. The van der Waals surface area contributed by atoms with Crippen LogP contribution in [0.2, 0.25) is 5.02 Å². The Hall–Kier alpha value is -1.92. The minimum atomic E-state index is -0.308. The molecule has 0 aliphatic carbocycles. The number of carbonyl (C=O) groups excluding carboxylic acids is 1. The van der Waals surface area contributed by atoms with Gasteiger partial charge in [0.15, 0.2) is 5.65 Å². The van der Waals surface area contributed by atoms with Gasteiger partial charge in [-0.2, -0.15) is 5.10 Å². The number of nitrogens with zero attached hydrogens (tertiary/aromatic N) is 2. The Kier molecular flexibility index (Phi) is 3.65. The van der Waals surface area contributed by atoms with Crippen LogP contribution in [-0.4, -0.2) is 21.1 Å². The van der Waals surface area contributed by atoms with E-state index in [1.807, 2.05) is 19.1 Å². The van der Waals surface area contributed by atoms with E-state index < -0.39 is 0 Å². The summed E-state index contributed by atoms with van der Waals surface area (Å²) in [7, 11) is 0. The van der Waals surface area contributed by atoms with Gasteiger partial charge >= 0.3 is 0 Å². The third-order valence-electron chi connectivity index (χ3n) is 3.05. The number of nitrogens with one attached hydrogen (secondary N) is 2. The van der Waals surface area contributed by atoms with Crippen molar-refractivity contribution < 1.29 is 4.79 Å². The molecule has 7 heteroatoms. The van der Waals surface area contributed by atoms with Gasteiger partial charge in [-0.3, -0.25) is 9.89 Å². The van der Waals surface area contributed by atoms with Crippen LogP contribution in [0.1, 0.15) is 16.1 Å². The molecule has 0 spiro atoms. The highest BCUT2D eigenvalue weighted by Gasteiger charge is 2.17. The lowest BCUT2D eigenvalue weighted by Gasteiger charge is -2.07. The molecule has 3 rings (SSSR count). The summed E-state index contributed by atoms with van der Waals surface area (Å²) in [6.45, 7) is 1.83. The van der Waals surface area contributed by atoms with Crippen molar-refractivity contribution in [3.63, 3.8) is 0 Å². The summed E-state index contributed by atoms with van der Waals surface area (Å²) >= 11 is 9.65. The maximum Gasteiger partial charge on any atom is 0.258 e. The van der Waals surface area contributed by atoms with E-state index in [2.05, 4.69) is 36.4 Å². The molecule has 3 aromatic rings. The number of fused-ring (bicyclic) bond motifs is 1. The summed E-state index contributed by atoms with van der Waals surface area (Å²) in [4.78, 5) is 16.5. The number of benzene rings is 1. The Bertz CT molecular complexity index is 829. The van der Waals surface area contributed by atoms with Crippen LogP contribution in [0.5, 0.6) is 0 Å². The van der Waals surface area contributed by atoms with E-state index in [0.29, 0.717) is 27.3 Å². The van der Waals surface area contributed by atoms with Crippen molar-refractivity contribution in [1.82, 2.24) is 15.2 Å². The Morgan fingerprint density at radius 2 is 2.05 bits per heavy atom. The average Bonchev–Trinajstić information content (AvgIpc) is 2.84. The first-order valence-corrected chi connectivity index (χ1v) is 7.29. The third kappa shape index (κ3) is 2.64. The summed E-state index contributed by atoms with van der Waals surface area (Å²) in [5.41, 5.74) is 2.28. The Balaban J connectivity index is 1.96. The SMILES string of the molecule is Cc1[nH]nc2ncc(C(=O)Nc3ccc(Br)cc3)c(Cl)c12. The second-order valence-corrected chi connectivity index (χ2v) is 5.79. The number of carbonyl (C=O) groups is 1. The zero-order valence-electron chi connectivity index (χ0n) is 10.9. The molecule has 21 heavy (non-hydrogen) atoms. The van der Waals surface area contributed by atoms with Crippen molar-refractivity contribution in [2.75, 3.05) is 5.32 Å². The second kappa shape index (κ2) is 5.46. The van der Waals surface area contributed by atoms with E-state index in [0.717, 1.165) is 10.2 Å². The van der Waals surface area contributed by atoms with Gasteiger partial charge in [0.25, 0.3) is 5.91 Å². The van der Waals surface area contributed by atoms with Gasteiger partial charge in [0.2, 0.25) is 0 Å². The average molecular weight is 366 g/mol. The molecular formula is C14H10BrClN4O. The van der Waals surface area contributed by atoms with Gasteiger partial charge in [-0.25, -0.2) is 4.98 Å². The fraction of sp³-hybridized carbons (Fsp3) is 0.0714. The van der Waals surface area contributed by atoms with Gasteiger partial charge < -0.3 is 5.32 Å². The molecule has 0 bridgehead atoms. The molecule has 0 atom stereocenters. The van der Waals surface area contributed by atoms with Crippen molar-refractivity contribution in [2.24, 2.45) is 0 Å². The monoisotopic (exact) mass is 364 g/mol. The maximum absolute atomic E-state index is 12.3. The van der Waals surface area contributed by atoms with Gasteiger partial charge in [0.05, 0.1) is 16.0 Å². The standard InChI is InChI=1S/C14H10BrClN4O/c1-7-11-12(16)10(6-17-13(11)20-19-7)14(21)18-9-4-2-8(15)3-5-9/h2-6H,1H3,(H,18,21)(H,17,19,20). The predicted octanol–water partition coefficient (Wildman–Crippen LogP) is 3.93. The number of aryl methyl sites for hydroxylation is 1. The lowest BCUT2D eigenvalue weighted by atomic mass is 10.2. The quantitative estimate of drug-likeness (QED) is 0.723. The predicted molar refractivity (Wildman–Crippen MR) is 85.7 cm³/mol. The summed E-state index contributed by atoms with van der Waals surface area (Å²) in [6.07, 6.45) is 1.43. The van der Waals surface area contributed by atoms with E-state index in [9.17, 15) is 4.79 Å². The number of anilines is 1. The van der Waals surface area contributed by atoms with Crippen LogP contribution in [0.25, 0.3) is 11.0 Å². The number of pyridine rings is 1. The van der Waals surface area contributed by atoms with Gasteiger partial charge in [-0.1, -0.05) is 27.5 Å². The van der Waals surface area contributed by atoms with Crippen LogP contribution in [0.15, 0.2) is 34.9 Å². The molecule has 0 fully saturated rings. The van der Waals surface area contributed by atoms with E-state index in [4.69, 9.17) is 11.6 Å². The molecule has 2 aromatic heterocycles. The largest absolute Gasteiger partial charge is 0.322 e. The van der Waals surface area contributed by atoms with Crippen molar-refractivity contribution in [3.8, 4) is 0 Å². The fourth-order valence-corrected chi connectivity index (χ4v) is 2.60. The first-order valence-electron chi connectivity index (χ1n) is 6.12. The highest BCUT2D eigenvalue weighted by Crippen LogP contribution is 2.27. The lowest BCUT2D eigenvalue weighted by Crippen LogP contribution is -2.13. The highest BCUT2D eigenvalue weighted by atomic mass is 79.9. The van der Waals surface area contributed by atoms with E-state index in [1.165, 1.54) is 6.20 Å². The molecule has 2 N–H and O–H groups in total. The van der Waals surface area contributed by atoms with Crippen LogP contribution in [0, 0.1) is 6.92 Å². The molecule has 1 amide bonds. The zero-order valence-corrected chi connectivity index (χ0v) is 13.3. The molecule has 1 aromatic carbocycles. The fourth-order valence-electron chi connectivity index (χ4n) is 1.98. The van der Waals surface area contributed by atoms with E-state index in [-0.39, 0.29) is 5.91 Å². The molecule has 5 nitrogen and oxygen atoms in total. The first-order chi connectivity index (χ1) is 10.1. The Morgan fingerprint density at radius 3 is 2.76 bits per heavy atom. The number of hydrogen-bond donors (Lipinski definition) is 2. The third-order valence-corrected chi connectivity index (χ3v) is 3.97. The first kappa shape index (κ1) is 14.0. The Morgan fingerprint density at radius 1 is 1.33 bits per heavy atom. The molecule has 0 saturated carbocycles. The lowest BCUT2D eigenvalue weighted by molar-refractivity contribution is 0.102. The molecule has 0 saturated heterocycles. The Labute approximate surface area is 133 Å². The molecule has 106 valence electrons. The number of amides is 1. The number of rotatable bonds is 2. The molecule has 2 heterocycles. The molecule has 0 radical (unpaired) electrons. The van der Waals surface area contributed by atoms with Crippen molar-refractivity contribution in [2.45, 2.75) is 6.92 Å². The summed E-state index contributed by atoms with van der Waals surface area (Å²) in [5, 5.41) is 10.6. The van der Waals surface area contributed by atoms with E-state index in [1.54, 1.807) is 12.1 Å². The summed E-state index contributed by atoms with van der Waals surface area (Å²) < 4.78 is 0.940. The van der Waals surface area contributed by atoms with Crippen molar-refractivity contribution >= 4 is 50.2 Å².